The Bertz CT molecular complexity index is 711. The normalized spacial score (nSPS) is 17.5. The van der Waals surface area contributed by atoms with Crippen LogP contribution in [0, 0.1) is 5.92 Å². The Kier molecular flexibility index (Phi) is 4.93. The topological polar surface area (TPSA) is 72.6 Å². The summed E-state index contributed by atoms with van der Waals surface area (Å²) in [6.45, 7) is 3.10. The molecule has 0 radical (unpaired) electrons. The van der Waals surface area contributed by atoms with Crippen LogP contribution in [0.5, 0.6) is 0 Å². The number of amides is 1. The summed E-state index contributed by atoms with van der Waals surface area (Å²) in [5.74, 6) is -0.133. The molecule has 1 aromatic heterocycles. The van der Waals surface area contributed by atoms with Crippen LogP contribution in [0.25, 0.3) is 11.5 Å². The van der Waals surface area contributed by atoms with E-state index in [0.717, 1.165) is 18.4 Å². The fourth-order valence-electron chi connectivity index (χ4n) is 2.86. The molecule has 2 heterocycles. The summed E-state index contributed by atoms with van der Waals surface area (Å²) in [5, 5.41) is 0. The maximum atomic E-state index is 12.6. The lowest BCUT2D eigenvalue weighted by molar-refractivity contribution is -0.149. The van der Waals surface area contributed by atoms with E-state index in [1.807, 2.05) is 30.3 Å². The van der Waals surface area contributed by atoms with Crippen molar-refractivity contribution in [2.45, 2.75) is 19.8 Å². The third-order valence-electron chi connectivity index (χ3n) is 4.07. The van der Waals surface area contributed by atoms with Crippen molar-refractivity contribution < 1.29 is 18.7 Å². The van der Waals surface area contributed by atoms with E-state index in [1.54, 1.807) is 11.8 Å². The molecular formula is C18H20N2O4. The van der Waals surface area contributed by atoms with Crippen LogP contribution in [0.1, 0.15) is 30.3 Å². The molecule has 1 aliphatic heterocycles. The smallest absolute Gasteiger partial charge is 0.310 e. The van der Waals surface area contributed by atoms with Gasteiger partial charge < -0.3 is 14.1 Å². The molecule has 1 saturated heterocycles. The average molecular weight is 328 g/mol. The van der Waals surface area contributed by atoms with Crippen molar-refractivity contribution in [3.8, 4) is 11.5 Å². The summed E-state index contributed by atoms with van der Waals surface area (Å²) in [6, 6.07) is 9.42. The van der Waals surface area contributed by atoms with Gasteiger partial charge in [-0.15, -0.1) is 0 Å². The third-order valence-corrected chi connectivity index (χ3v) is 4.07. The number of piperidine rings is 1. The zero-order chi connectivity index (χ0) is 16.9. The lowest BCUT2D eigenvalue weighted by Gasteiger charge is -2.30. The summed E-state index contributed by atoms with van der Waals surface area (Å²) < 4.78 is 10.7. The first-order valence-electron chi connectivity index (χ1n) is 8.16. The Labute approximate surface area is 140 Å². The first kappa shape index (κ1) is 16.2. The molecule has 1 atom stereocenters. The summed E-state index contributed by atoms with van der Waals surface area (Å²) in [7, 11) is 0. The number of carbonyl (C=O) groups excluding carboxylic acids is 2. The van der Waals surface area contributed by atoms with Gasteiger partial charge in [-0.05, 0) is 31.9 Å². The predicted molar refractivity (Wildman–Crippen MR) is 87.2 cm³/mol. The van der Waals surface area contributed by atoms with Gasteiger partial charge in [0.1, 0.15) is 0 Å². The fourth-order valence-corrected chi connectivity index (χ4v) is 2.86. The Morgan fingerprint density at radius 2 is 2.12 bits per heavy atom. The van der Waals surface area contributed by atoms with Crippen LogP contribution < -0.4 is 0 Å². The lowest BCUT2D eigenvalue weighted by atomic mass is 9.98. The molecule has 24 heavy (non-hydrogen) atoms. The zero-order valence-electron chi connectivity index (χ0n) is 13.6. The molecule has 6 nitrogen and oxygen atoms in total. The maximum absolute atomic E-state index is 12.6. The number of hydrogen-bond acceptors (Lipinski definition) is 5. The van der Waals surface area contributed by atoms with Gasteiger partial charge in [0.15, 0.2) is 0 Å². The Morgan fingerprint density at radius 1 is 1.33 bits per heavy atom. The number of ether oxygens (including phenoxy) is 1. The van der Waals surface area contributed by atoms with E-state index in [2.05, 4.69) is 4.98 Å². The summed E-state index contributed by atoms with van der Waals surface area (Å²) >= 11 is 0. The van der Waals surface area contributed by atoms with Crippen molar-refractivity contribution in [2.24, 2.45) is 5.92 Å². The van der Waals surface area contributed by atoms with Gasteiger partial charge >= 0.3 is 5.97 Å². The van der Waals surface area contributed by atoms with Crippen molar-refractivity contribution in [2.75, 3.05) is 19.7 Å². The van der Waals surface area contributed by atoms with Crippen LogP contribution in [-0.4, -0.2) is 41.5 Å². The summed E-state index contributed by atoms with van der Waals surface area (Å²) in [6.07, 6.45) is 2.96. The molecule has 0 spiro atoms. The Hall–Kier alpha value is -2.63. The molecular weight excluding hydrogens is 308 g/mol. The molecule has 1 aromatic carbocycles. The van der Waals surface area contributed by atoms with Crippen LogP contribution in [-0.2, 0) is 9.53 Å². The van der Waals surface area contributed by atoms with Gasteiger partial charge in [0, 0.05) is 18.7 Å². The molecule has 1 unspecified atom stereocenters. The van der Waals surface area contributed by atoms with Crippen molar-refractivity contribution in [3.63, 3.8) is 0 Å². The second kappa shape index (κ2) is 7.29. The highest BCUT2D eigenvalue weighted by atomic mass is 16.5. The SMILES string of the molecule is CCOC(=O)C1CCCN(C(=O)c2cnc(-c3ccccc3)o2)C1. The molecule has 3 rings (SSSR count). The van der Waals surface area contributed by atoms with Gasteiger partial charge in [0.25, 0.3) is 5.91 Å². The average Bonchev–Trinajstić information content (AvgIpc) is 3.12. The molecule has 1 amide bonds. The first-order chi connectivity index (χ1) is 11.7. The molecule has 2 aromatic rings. The number of esters is 1. The molecule has 0 bridgehead atoms. The molecule has 0 saturated carbocycles. The minimum Gasteiger partial charge on any atom is -0.466 e. The monoisotopic (exact) mass is 328 g/mol. The number of aromatic nitrogens is 1. The quantitative estimate of drug-likeness (QED) is 0.807. The first-order valence-corrected chi connectivity index (χ1v) is 8.16. The van der Waals surface area contributed by atoms with Crippen LogP contribution in [0.2, 0.25) is 0 Å². The second-order valence-corrected chi connectivity index (χ2v) is 5.74. The number of benzene rings is 1. The van der Waals surface area contributed by atoms with E-state index >= 15 is 0 Å². The van der Waals surface area contributed by atoms with Crippen LogP contribution >= 0.6 is 0 Å². The Balaban J connectivity index is 1.70. The standard InChI is InChI=1S/C18H20N2O4/c1-2-23-18(22)14-9-6-10-20(12-14)17(21)15-11-19-16(24-15)13-7-4-3-5-8-13/h3-5,7-8,11,14H,2,6,9-10,12H2,1H3. The molecule has 126 valence electrons. The number of rotatable bonds is 4. The van der Waals surface area contributed by atoms with Gasteiger partial charge in [0.2, 0.25) is 11.7 Å². The second-order valence-electron chi connectivity index (χ2n) is 5.74. The number of oxazole rings is 1. The van der Waals surface area contributed by atoms with E-state index in [0.29, 0.717) is 25.6 Å². The van der Waals surface area contributed by atoms with E-state index in [4.69, 9.17) is 9.15 Å². The highest BCUT2D eigenvalue weighted by Gasteiger charge is 2.31. The summed E-state index contributed by atoms with van der Waals surface area (Å²) in [5.41, 5.74) is 0.819. The zero-order valence-corrected chi connectivity index (χ0v) is 13.6. The van der Waals surface area contributed by atoms with Crippen LogP contribution in [0.3, 0.4) is 0 Å². The van der Waals surface area contributed by atoms with Crippen LogP contribution in [0.4, 0.5) is 0 Å². The maximum Gasteiger partial charge on any atom is 0.310 e. The minimum absolute atomic E-state index is 0.193. The number of likely N-dealkylation sites (tertiary alicyclic amines) is 1. The highest BCUT2D eigenvalue weighted by molar-refractivity contribution is 5.92. The largest absolute Gasteiger partial charge is 0.466 e. The third kappa shape index (κ3) is 3.48. The van der Waals surface area contributed by atoms with Gasteiger partial charge in [-0.1, -0.05) is 18.2 Å². The van der Waals surface area contributed by atoms with Crippen molar-refractivity contribution >= 4 is 11.9 Å². The molecule has 0 N–H and O–H groups in total. The predicted octanol–water partition coefficient (Wildman–Crippen LogP) is 2.76. The van der Waals surface area contributed by atoms with Gasteiger partial charge in [-0.25, -0.2) is 4.98 Å². The van der Waals surface area contributed by atoms with E-state index in [1.165, 1.54) is 6.20 Å². The Morgan fingerprint density at radius 3 is 2.88 bits per heavy atom. The summed E-state index contributed by atoms with van der Waals surface area (Å²) in [4.78, 5) is 30.3. The number of nitrogens with zero attached hydrogens (tertiary/aromatic N) is 2. The number of carbonyl (C=O) groups is 2. The van der Waals surface area contributed by atoms with Crippen molar-refractivity contribution in [1.82, 2.24) is 9.88 Å². The lowest BCUT2D eigenvalue weighted by Crippen LogP contribution is -2.42. The van der Waals surface area contributed by atoms with Gasteiger partial charge in [0.05, 0.1) is 18.7 Å². The van der Waals surface area contributed by atoms with Crippen LogP contribution in [0.15, 0.2) is 40.9 Å². The fraction of sp³-hybridized carbons (Fsp3) is 0.389. The minimum atomic E-state index is -0.265. The van der Waals surface area contributed by atoms with Crippen molar-refractivity contribution in [1.29, 1.82) is 0 Å². The highest BCUT2D eigenvalue weighted by Crippen LogP contribution is 2.23. The van der Waals surface area contributed by atoms with E-state index in [9.17, 15) is 9.59 Å². The molecule has 1 fully saturated rings. The van der Waals surface area contributed by atoms with E-state index < -0.39 is 0 Å². The molecule has 0 aliphatic carbocycles. The molecule has 1 aliphatic rings. The van der Waals surface area contributed by atoms with Crippen molar-refractivity contribution in [3.05, 3.63) is 42.3 Å². The number of hydrogen-bond donors (Lipinski definition) is 0. The molecule has 6 heteroatoms. The van der Waals surface area contributed by atoms with Gasteiger partial charge in [-0.3, -0.25) is 9.59 Å². The van der Waals surface area contributed by atoms with E-state index in [-0.39, 0.29) is 23.6 Å². The van der Waals surface area contributed by atoms with Gasteiger partial charge in [-0.2, -0.15) is 0 Å².